The van der Waals surface area contributed by atoms with Crippen LogP contribution in [0.5, 0.6) is 0 Å². The van der Waals surface area contributed by atoms with Gasteiger partial charge in [0.25, 0.3) is 0 Å². The molecule has 0 unspecified atom stereocenters. The molecule has 0 saturated heterocycles. The largest absolute Gasteiger partial charge is 0.309 e. The van der Waals surface area contributed by atoms with Gasteiger partial charge in [-0.3, -0.25) is 0 Å². The second kappa shape index (κ2) is 7.33. The Bertz CT molecular complexity index is 373. The third-order valence-electron chi connectivity index (χ3n) is 3.30. The van der Waals surface area contributed by atoms with Crippen molar-refractivity contribution >= 4 is 11.3 Å². The van der Waals surface area contributed by atoms with Gasteiger partial charge in [0, 0.05) is 24.5 Å². The fourth-order valence-electron chi connectivity index (χ4n) is 2.03. The number of hydrogen-bond acceptors (Lipinski definition) is 5. The molecule has 1 fully saturated rings. The van der Waals surface area contributed by atoms with Gasteiger partial charge in [-0.1, -0.05) is 0 Å². The van der Waals surface area contributed by atoms with Crippen molar-refractivity contribution in [1.82, 2.24) is 20.1 Å². The Morgan fingerprint density at radius 1 is 1.32 bits per heavy atom. The first-order valence-electron chi connectivity index (χ1n) is 7.13. The van der Waals surface area contributed by atoms with Crippen molar-refractivity contribution in [1.29, 1.82) is 0 Å². The molecule has 0 aliphatic heterocycles. The van der Waals surface area contributed by atoms with Gasteiger partial charge in [-0.2, -0.15) is 0 Å². The van der Waals surface area contributed by atoms with Crippen LogP contribution in [0.1, 0.15) is 30.0 Å². The van der Waals surface area contributed by atoms with Crippen LogP contribution in [0.3, 0.4) is 0 Å². The highest BCUT2D eigenvalue weighted by Gasteiger charge is 2.20. The van der Waals surface area contributed by atoms with Crippen LogP contribution in [-0.2, 0) is 13.1 Å². The molecule has 5 heteroatoms. The first-order chi connectivity index (χ1) is 9.13. The fourth-order valence-corrected chi connectivity index (χ4v) is 2.77. The average molecular weight is 282 g/mol. The highest BCUT2D eigenvalue weighted by molar-refractivity contribution is 7.09. The second-order valence-electron chi connectivity index (χ2n) is 5.78. The van der Waals surface area contributed by atoms with E-state index in [2.05, 4.69) is 41.6 Å². The van der Waals surface area contributed by atoms with Gasteiger partial charge in [-0.25, -0.2) is 4.98 Å². The van der Waals surface area contributed by atoms with Crippen molar-refractivity contribution in [3.05, 3.63) is 16.1 Å². The summed E-state index contributed by atoms with van der Waals surface area (Å²) in [4.78, 5) is 9.29. The van der Waals surface area contributed by atoms with E-state index in [0.717, 1.165) is 32.2 Å². The lowest BCUT2D eigenvalue weighted by atomic mass is 10.3. The van der Waals surface area contributed by atoms with Gasteiger partial charge in [0.1, 0.15) is 5.01 Å². The standard InChI is InChI=1S/C14H26N4S/c1-17(2)7-4-8-18(3)10-13-11-19-14(16-13)9-15-12-5-6-12/h11-12,15H,4-10H2,1-3H3. The van der Waals surface area contributed by atoms with Crippen molar-refractivity contribution in [2.75, 3.05) is 34.2 Å². The van der Waals surface area contributed by atoms with Crippen molar-refractivity contribution in [2.24, 2.45) is 0 Å². The maximum atomic E-state index is 4.70. The van der Waals surface area contributed by atoms with Crippen LogP contribution in [0.4, 0.5) is 0 Å². The van der Waals surface area contributed by atoms with Crippen LogP contribution in [0.15, 0.2) is 5.38 Å². The van der Waals surface area contributed by atoms with Crippen LogP contribution >= 0.6 is 11.3 Å². The Labute approximate surface area is 120 Å². The van der Waals surface area contributed by atoms with Gasteiger partial charge in [-0.05, 0) is 53.5 Å². The summed E-state index contributed by atoms with van der Waals surface area (Å²) in [7, 11) is 6.43. The molecule has 0 bridgehead atoms. The lowest BCUT2D eigenvalue weighted by Crippen LogP contribution is -2.23. The predicted molar refractivity (Wildman–Crippen MR) is 81.5 cm³/mol. The van der Waals surface area contributed by atoms with Gasteiger partial charge in [0.2, 0.25) is 0 Å². The molecule has 0 atom stereocenters. The van der Waals surface area contributed by atoms with Gasteiger partial charge < -0.3 is 15.1 Å². The Morgan fingerprint density at radius 2 is 2.11 bits per heavy atom. The molecule has 108 valence electrons. The van der Waals surface area contributed by atoms with Crippen molar-refractivity contribution < 1.29 is 0 Å². The van der Waals surface area contributed by atoms with Gasteiger partial charge >= 0.3 is 0 Å². The number of nitrogens with zero attached hydrogens (tertiary/aromatic N) is 3. The lowest BCUT2D eigenvalue weighted by molar-refractivity contribution is 0.292. The van der Waals surface area contributed by atoms with E-state index in [4.69, 9.17) is 4.98 Å². The molecular weight excluding hydrogens is 256 g/mol. The van der Waals surface area contributed by atoms with Crippen LogP contribution < -0.4 is 5.32 Å². The molecular formula is C14H26N4S. The number of nitrogens with one attached hydrogen (secondary N) is 1. The molecule has 1 aromatic rings. The molecule has 1 saturated carbocycles. The number of hydrogen-bond donors (Lipinski definition) is 1. The zero-order valence-electron chi connectivity index (χ0n) is 12.4. The summed E-state index contributed by atoms with van der Waals surface area (Å²) in [5.41, 5.74) is 1.21. The van der Waals surface area contributed by atoms with E-state index in [1.165, 1.54) is 30.0 Å². The Hall–Kier alpha value is -0.490. The van der Waals surface area contributed by atoms with Crippen molar-refractivity contribution in [3.8, 4) is 0 Å². The molecule has 0 radical (unpaired) electrons. The third-order valence-corrected chi connectivity index (χ3v) is 4.19. The Morgan fingerprint density at radius 3 is 2.79 bits per heavy atom. The lowest BCUT2D eigenvalue weighted by Gasteiger charge is -2.16. The van der Waals surface area contributed by atoms with E-state index in [1.54, 1.807) is 11.3 Å². The molecule has 19 heavy (non-hydrogen) atoms. The molecule has 0 aromatic carbocycles. The first kappa shape index (κ1) is 14.9. The first-order valence-corrected chi connectivity index (χ1v) is 8.01. The smallest absolute Gasteiger partial charge is 0.107 e. The fraction of sp³-hybridized carbons (Fsp3) is 0.786. The van der Waals surface area contributed by atoms with Crippen LogP contribution in [0.2, 0.25) is 0 Å². The summed E-state index contributed by atoms with van der Waals surface area (Å²) in [6.45, 7) is 4.19. The Kier molecular flexibility index (Phi) is 5.76. The molecule has 1 aliphatic carbocycles. The van der Waals surface area contributed by atoms with E-state index in [-0.39, 0.29) is 0 Å². The summed E-state index contributed by atoms with van der Waals surface area (Å²) in [5.74, 6) is 0. The maximum Gasteiger partial charge on any atom is 0.107 e. The van der Waals surface area contributed by atoms with E-state index in [1.807, 2.05) is 0 Å². The molecule has 1 aliphatic rings. The summed E-state index contributed by atoms with van der Waals surface area (Å²) in [6, 6.07) is 0.765. The summed E-state index contributed by atoms with van der Waals surface area (Å²) in [5, 5.41) is 6.94. The minimum atomic E-state index is 0.765. The molecule has 2 rings (SSSR count). The summed E-state index contributed by atoms with van der Waals surface area (Å²) >= 11 is 1.78. The number of rotatable bonds is 9. The zero-order valence-corrected chi connectivity index (χ0v) is 13.2. The molecule has 1 N–H and O–H groups in total. The molecule has 4 nitrogen and oxygen atoms in total. The predicted octanol–water partition coefficient (Wildman–Crippen LogP) is 1.78. The van der Waals surface area contributed by atoms with Gasteiger partial charge in [-0.15, -0.1) is 11.3 Å². The van der Waals surface area contributed by atoms with E-state index < -0.39 is 0 Å². The van der Waals surface area contributed by atoms with Crippen LogP contribution in [0, 0.1) is 0 Å². The minimum Gasteiger partial charge on any atom is -0.309 e. The SMILES string of the molecule is CN(C)CCCN(C)Cc1csc(CNC2CC2)n1. The van der Waals surface area contributed by atoms with Crippen LogP contribution in [0.25, 0.3) is 0 Å². The number of thiazole rings is 1. The summed E-state index contributed by atoms with van der Waals surface area (Å²) in [6.07, 6.45) is 3.89. The quantitative estimate of drug-likeness (QED) is 0.748. The minimum absolute atomic E-state index is 0.765. The van der Waals surface area contributed by atoms with Crippen LogP contribution in [-0.4, -0.2) is 55.1 Å². The molecule has 1 aromatic heterocycles. The number of aromatic nitrogens is 1. The van der Waals surface area contributed by atoms with Crippen molar-refractivity contribution in [2.45, 2.75) is 38.4 Å². The van der Waals surface area contributed by atoms with E-state index >= 15 is 0 Å². The third kappa shape index (κ3) is 5.99. The Balaban J connectivity index is 1.66. The highest BCUT2D eigenvalue weighted by atomic mass is 32.1. The monoisotopic (exact) mass is 282 g/mol. The van der Waals surface area contributed by atoms with Gasteiger partial charge in [0.05, 0.1) is 5.69 Å². The maximum absolute atomic E-state index is 4.70. The topological polar surface area (TPSA) is 31.4 Å². The summed E-state index contributed by atoms with van der Waals surface area (Å²) < 4.78 is 0. The van der Waals surface area contributed by atoms with Gasteiger partial charge in [0.15, 0.2) is 0 Å². The van der Waals surface area contributed by atoms with E-state index in [0.29, 0.717) is 0 Å². The zero-order chi connectivity index (χ0) is 13.7. The van der Waals surface area contributed by atoms with E-state index in [9.17, 15) is 0 Å². The second-order valence-corrected chi connectivity index (χ2v) is 6.73. The molecule has 0 spiro atoms. The highest BCUT2D eigenvalue weighted by Crippen LogP contribution is 2.20. The molecule has 1 heterocycles. The normalized spacial score (nSPS) is 15.6. The molecule has 0 amide bonds. The van der Waals surface area contributed by atoms with Crippen molar-refractivity contribution in [3.63, 3.8) is 0 Å². The average Bonchev–Trinajstić information content (AvgIpc) is 3.07.